The third-order valence-corrected chi connectivity index (χ3v) is 4.47. The second-order valence-electron chi connectivity index (χ2n) is 4.60. The van der Waals surface area contributed by atoms with E-state index in [1.807, 2.05) is 0 Å². The molecule has 4 nitrogen and oxygen atoms in total. The number of thiophene rings is 1. The molecule has 0 aliphatic rings. The zero-order chi connectivity index (χ0) is 15.9. The first-order valence-corrected chi connectivity index (χ1v) is 7.36. The van der Waals surface area contributed by atoms with Crippen LogP contribution in [0.4, 0.5) is 5.69 Å². The van der Waals surface area contributed by atoms with Crippen molar-refractivity contribution < 1.29 is 15.0 Å². The molecule has 0 aliphatic heterocycles. The standard InChI is InChI=1S/C16H8ClNO3S/c1-18-9-5-11(12-7-15(17)22-14(12)6-9)8-2-3-10(16(20)21)13(19)4-8/h2-7,19H,(H,20,21). The molecule has 3 aromatic rings. The fourth-order valence-electron chi connectivity index (χ4n) is 2.28. The van der Waals surface area contributed by atoms with Crippen molar-refractivity contribution >= 4 is 44.7 Å². The van der Waals surface area contributed by atoms with Gasteiger partial charge < -0.3 is 10.2 Å². The highest BCUT2D eigenvalue weighted by molar-refractivity contribution is 7.22. The van der Waals surface area contributed by atoms with Gasteiger partial charge in [0.15, 0.2) is 5.69 Å². The number of aromatic carboxylic acids is 1. The molecule has 1 heterocycles. The fourth-order valence-corrected chi connectivity index (χ4v) is 3.48. The molecule has 0 amide bonds. The molecular formula is C16H8ClNO3S. The Kier molecular flexibility index (Phi) is 3.49. The van der Waals surface area contributed by atoms with E-state index < -0.39 is 5.97 Å². The maximum Gasteiger partial charge on any atom is 0.339 e. The van der Waals surface area contributed by atoms with Crippen LogP contribution in [-0.4, -0.2) is 16.2 Å². The number of hydrogen-bond donors (Lipinski definition) is 2. The van der Waals surface area contributed by atoms with E-state index in [1.165, 1.54) is 23.5 Å². The van der Waals surface area contributed by atoms with E-state index in [-0.39, 0.29) is 11.3 Å². The van der Waals surface area contributed by atoms with Gasteiger partial charge in [-0.05, 0) is 46.8 Å². The van der Waals surface area contributed by atoms with E-state index in [1.54, 1.807) is 24.3 Å². The predicted octanol–water partition coefficient (Wildman–Crippen LogP) is 5.18. The molecule has 0 bridgehead atoms. The Morgan fingerprint density at radius 2 is 2.00 bits per heavy atom. The van der Waals surface area contributed by atoms with Crippen LogP contribution in [0.25, 0.3) is 26.1 Å². The smallest absolute Gasteiger partial charge is 0.339 e. The predicted molar refractivity (Wildman–Crippen MR) is 87.2 cm³/mol. The lowest BCUT2D eigenvalue weighted by molar-refractivity contribution is 0.0694. The average Bonchev–Trinajstić information content (AvgIpc) is 2.85. The van der Waals surface area contributed by atoms with Gasteiger partial charge in [0.05, 0.1) is 10.9 Å². The number of carboxylic acid groups (broad SMARTS) is 1. The maximum atomic E-state index is 11.0. The number of aromatic hydroxyl groups is 1. The monoisotopic (exact) mass is 329 g/mol. The number of fused-ring (bicyclic) bond motifs is 1. The number of carbonyl (C=O) groups is 1. The van der Waals surface area contributed by atoms with Crippen LogP contribution in [0, 0.1) is 6.57 Å². The third kappa shape index (κ3) is 2.39. The number of phenols is 1. The van der Waals surface area contributed by atoms with Crippen LogP contribution in [0.15, 0.2) is 36.4 Å². The molecule has 0 unspecified atom stereocenters. The summed E-state index contributed by atoms with van der Waals surface area (Å²) in [6, 6.07) is 9.60. The minimum atomic E-state index is -1.19. The molecular weight excluding hydrogens is 322 g/mol. The van der Waals surface area contributed by atoms with E-state index in [0.29, 0.717) is 15.6 Å². The summed E-state index contributed by atoms with van der Waals surface area (Å²) in [7, 11) is 0. The van der Waals surface area contributed by atoms with Crippen molar-refractivity contribution in [2.45, 2.75) is 0 Å². The van der Waals surface area contributed by atoms with Crippen LogP contribution >= 0.6 is 22.9 Å². The third-order valence-electron chi connectivity index (χ3n) is 3.26. The second kappa shape index (κ2) is 5.34. The first kappa shape index (κ1) is 14.4. The van der Waals surface area contributed by atoms with Gasteiger partial charge in [-0.25, -0.2) is 9.64 Å². The average molecular weight is 330 g/mol. The summed E-state index contributed by atoms with van der Waals surface area (Å²) >= 11 is 7.42. The van der Waals surface area contributed by atoms with E-state index in [4.69, 9.17) is 23.3 Å². The minimum Gasteiger partial charge on any atom is -0.507 e. The first-order valence-electron chi connectivity index (χ1n) is 6.17. The van der Waals surface area contributed by atoms with Gasteiger partial charge in [0, 0.05) is 4.70 Å². The summed E-state index contributed by atoms with van der Waals surface area (Å²) in [4.78, 5) is 14.4. The molecule has 2 aromatic carbocycles. The van der Waals surface area contributed by atoms with Crippen LogP contribution < -0.4 is 0 Å². The first-order chi connectivity index (χ1) is 10.5. The van der Waals surface area contributed by atoms with Crippen LogP contribution in [0.5, 0.6) is 5.75 Å². The number of benzene rings is 2. The van der Waals surface area contributed by atoms with E-state index in [2.05, 4.69) is 4.85 Å². The molecule has 6 heteroatoms. The van der Waals surface area contributed by atoms with E-state index in [9.17, 15) is 9.90 Å². The van der Waals surface area contributed by atoms with E-state index in [0.717, 1.165) is 15.6 Å². The number of hydrogen-bond acceptors (Lipinski definition) is 3. The molecule has 0 radical (unpaired) electrons. The lowest BCUT2D eigenvalue weighted by Gasteiger charge is -2.07. The number of carboxylic acids is 1. The molecule has 1 aromatic heterocycles. The van der Waals surface area contributed by atoms with Gasteiger partial charge >= 0.3 is 5.97 Å². The Hall–Kier alpha value is -2.55. The van der Waals surface area contributed by atoms with Crippen molar-refractivity contribution in [2.75, 3.05) is 0 Å². The van der Waals surface area contributed by atoms with E-state index >= 15 is 0 Å². The molecule has 0 atom stereocenters. The number of nitrogens with zero attached hydrogens (tertiary/aromatic N) is 1. The normalized spacial score (nSPS) is 10.5. The number of rotatable bonds is 2. The summed E-state index contributed by atoms with van der Waals surface area (Å²) in [6.07, 6.45) is 0. The Morgan fingerprint density at radius 3 is 2.64 bits per heavy atom. The van der Waals surface area contributed by atoms with Gasteiger partial charge in [0.25, 0.3) is 0 Å². The van der Waals surface area contributed by atoms with Crippen molar-refractivity contribution in [3.63, 3.8) is 0 Å². The maximum absolute atomic E-state index is 11.0. The quantitative estimate of drug-likeness (QED) is 0.637. The zero-order valence-corrected chi connectivity index (χ0v) is 12.6. The van der Waals surface area contributed by atoms with Crippen molar-refractivity contribution in [3.05, 3.63) is 57.7 Å². The Bertz CT molecular complexity index is 956. The lowest BCUT2D eigenvalue weighted by Crippen LogP contribution is -1.96. The van der Waals surface area contributed by atoms with Crippen molar-refractivity contribution in [2.24, 2.45) is 0 Å². The van der Waals surface area contributed by atoms with Gasteiger partial charge in [-0.1, -0.05) is 17.7 Å². The van der Waals surface area contributed by atoms with Gasteiger partial charge in [-0.2, -0.15) is 0 Å². The Labute approximate surface area is 134 Å². The van der Waals surface area contributed by atoms with Crippen molar-refractivity contribution in [1.82, 2.24) is 0 Å². The topological polar surface area (TPSA) is 61.9 Å². The highest BCUT2D eigenvalue weighted by Gasteiger charge is 2.14. The molecule has 0 spiro atoms. The molecule has 0 saturated heterocycles. The SMILES string of the molecule is [C-]#[N+]c1cc(-c2ccc(C(=O)O)c(O)c2)c2cc(Cl)sc2c1. The summed E-state index contributed by atoms with van der Waals surface area (Å²) in [5, 5.41) is 19.7. The minimum absolute atomic E-state index is 0.162. The molecule has 0 fully saturated rings. The summed E-state index contributed by atoms with van der Waals surface area (Å²) in [6.45, 7) is 7.19. The largest absolute Gasteiger partial charge is 0.507 e. The lowest BCUT2D eigenvalue weighted by atomic mass is 9.99. The highest BCUT2D eigenvalue weighted by atomic mass is 35.5. The Balaban J connectivity index is 2.27. The molecule has 108 valence electrons. The highest BCUT2D eigenvalue weighted by Crippen LogP contribution is 2.40. The zero-order valence-electron chi connectivity index (χ0n) is 11.0. The summed E-state index contributed by atoms with van der Waals surface area (Å²) < 4.78 is 1.47. The molecule has 2 N–H and O–H groups in total. The van der Waals surface area contributed by atoms with Gasteiger partial charge in [-0.3, -0.25) is 0 Å². The van der Waals surface area contributed by atoms with Crippen LogP contribution in [-0.2, 0) is 0 Å². The van der Waals surface area contributed by atoms with Crippen LogP contribution in [0.1, 0.15) is 10.4 Å². The van der Waals surface area contributed by atoms with Crippen LogP contribution in [0.3, 0.4) is 0 Å². The summed E-state index contributed by atoms with van der Waals surface area (Å²) in [5.41, 5.74) is 1.67. The second-order valence-corrected chi connectivity index (χ2v) is 6.32. The van der Waals surface area contributed by atoms with Crippen molar-refractivity contribution in [3.8, 4) is 16.9 Å². The molecule has 0 aliphatic carbocycles. The Morgan fingerprint density at radius 1 is 1.23 bits per heavy atom. The van der Waals surface area contributed by atoms with Crippen molar-refractivity contribution in [1.29, 1.82) is 0 Å². The van der Waals surface area contributed by atoms with Gasteiger partial charge in [-0.15, -0.1) is 11.3 Å². The van der Waals surface area contributed by atoms with Gasteiger partial charge in [0.2, 0.25) is 0 Å². The van der Waals surface area contributed by atoms with Gasteiger partial charge in [0.1, 0.15) is 11.3 Å². The fraction of sp³-hybridized carbons (Fsp3) is 0. The summed E-state index contributed by atoms with van der Waals surface area (Å²) in [5.74, 6) is -1.50. The number of halogens is 1. The molecule has 3 rings (SSSR count). The molecule has 0 saturated carbocycles. The van der Waals surface area contributed by atoms with Crippen LogP contribution in [0.2, 0.25) is 4.34 Å². The molecule has 22 heavy (non-hydrogen) atoms.